The van der Waals surface area contributed by atoms with E-state index in [1.54, 1.807) is 24.4 Å². The molecule has 3 heterocycles. The van der Waals surface area contributed by atoms with Crippen molar-refractivity contribution < 1.29 is 19.1 Å². The molecular formula is C21H24FN3O3. The third-order valence-electron chi connectivity index (χ3n) is 6.26. The number of nitrogens with one attached hydrogen (secondary N) is 2. The Hall–Kier alpha value is -2.38. The number of amides is 2. The lowest BCUT2D eigenvalue weighted by Crippen LogP contribution is -2.54. The third kappa shape index (κ3) is 2.89. The lowest BCUT2D eigenvalue weighted by atomic mass is 9.67. The molecule has 2 amide bonds. The molecule has 0 spiro atoms. The molecule has 2 aromatic rings. The van der Waals surface area contributed by atoms with E-state index in [2.05, 4.69) is 15.6 Å². The maximum absolute atomic E-state index is 15.6. The Morgan fingerprint density at radius 1 is 1.29 bits per heavy atom. The summed E-state index contributed by atoms with van der Waals surface area (Å²) < 4.78 is 15.6. The minimum Gasteiger partial charge on any atom is -0.384 e. The zero-order valence-electron chi connectivity index (χ0n) is 16.0. The summed E-state index contributed by atoms with van der Waals surface area (Å²) in [6, 6.07) is 4.94. The average molecular weight is 385 g/mol. The minimum atomic E-state index is -1.30. The van der Waals surface area contributed by atoms with E-state index >= 15 is 4.39 Å². The number of carbonyl (C=O) groups is 2. The van der Waals surface area contributed by atoms with Crippen LogP contribution < -0.4 is 10.6 Å². The fraction of sp³-hybridized carbons (Fsp3) is 0.476. The molecule has 7 heteroatoms. The first-order chi connectivity index (χ1) is 13.2. The van der Waals surface area contributed by atoms with Gasteiger partial charge in [-0.1, -0.05) is 19.9 Å². The van der Waals surface area contributed by atoms with E-state index in [0.29, 0.717) is 37.0 Å². The molecule has 0 aliphatic carbocycles. The van der Waals surface area contributed by atoms with E-state index in [-0.39, 0.29) is 29.2 Å². The van der Waals surface area contributed by atoms with Gasteiger partial charge in [0.1, 0.15) is 5.82 Å². The topological polar surface area (TPSA) is 91.3 Å². The van der Waals surface area contributed by atoms with Gasteiger partial charge >= 0.3 is 0 Å². The van der Waals surface area contributed by atoms with Crippen molar-refractivity contribution in [2.75, 3.05) is 13.1 Å². The van der Waals surface area contributed by atoms with Crippen LogP contribution in [0.2, 0.25) is 0 Å². The Balaban J connectivity index is 1.80. The Morgan fingerprint density at radius 2 is 2.07 bits per heavy atom. The second-order valence-corrected chi connectivity index (χ2v) is 8.44. The maximum Gasteiger partial charge on any atom is 0.234 e. The Kier molecular flexibility index (Phi) is 4.47. The second-order valence-electron chi connectivity index (χ2n) is 8.44. The van der Waals surface area contributed by atoms with E-state index < -0.39 is 22.8 Å². The van der Waals surface area contributed by atoms with Crippen LogP contribution in [0.25, 0.3) is 10.9 Å². The molecule has 0 radical (unpaired) electrons. The monoisotopic (exact) mass is 385 g/mol. The van der Waals surface area contributed by atoms with Crippen LogP contribution in [-0.4, -0.2) is 35.0 Å². The van der Waals surface area contributed by atoms with Crippen molar-refractivity contribution in [2.24, 2.45) is 5.41 Å². The van der Waals surface area contributed by atoms with Gasteiger partial charge in [0.2, 0.25) is 11.8 Å². The zero-order valence-corrected chi connectivity index (χ0v) is 16.0. The number of benzene rings is 1. The summed E-state index contributed by atoms with van der Waals surface area (Å²) in [4.78, 5) is 27.9. The maximum atomic E-state index is 15.6. The molecule has 0 saturated carbocycles. The molecule has 2 unspecified atom stereocenters. The van der Waals surface area contributed by atoms with Crippen LogP contribution in [0.5, 0.6) is 0 Å². The number of fused-ring (bicyclic) bond motifs is 1. The molecule has 4 rings (SSSR count). The van der Waals surface area contributed by atoms with Crippen molar-refractivity contribution in [1.82, 2.24) is 15.6 Å². The number of aromatic nitrogens is 1. The SMILES string of the molecule is CC1(C)CNCCC1(O)c1ccc2ncc(C3CCC(=O)NC3=O)cc2c1F. The highest BCUT2D eigenvalue weighted by atomic mass is 19.1. The molecule has 2 aliphatic heterocycles. The smallest absolute Gasteiger partial charge is 0.234 e. The molecule has 2 atom stereocenters. The number of carbonyl (C=O) groups excluding carboxylic acids is 2. The number of piperidine rings is 2. The molecule has 0 bridgehead atoms. The molecule has 148 valence electrons. The van der Waals surface area contributed by atoms with Crippen LogP contribution in [0.1, 0.15) is 50.2 Å². The van der Waals surface area contributed by atoms with Gasteiger partial charge in [0, 0.05) is 35.5 Å². The summed E-state index contributed by atoms with van der Waals surface area (Å²) in [6.07, 6.45) is 2.59. The fourth-order valence-electron chi connectivity index (χ4n) is 4.36. The molecule has 2 saturated heterocycles. The van der Waals surface area contributed by atoms with Gasteiger partial charge in [-0.2, -0.15) is 0 Å². The number of rotatable bonds is 2. The van der Waals surface area contributed by atoms with Gasteiger partial charge in [-0.3, -0.25) is 19.9 Å². The van der Waals surface area contributed by atoms with Gasteiger partial charge in [0.25, 0.3) is 0 Å². The highest BCUT2D eigenvalue weighted by molar-refractivity contribution is 6.01. The highest BCUT2D eigenvalue weighted by Gasteiger charge is 2.48. The number of hydrogen-bond acceptors (Lipinski definition) is 5. The summed E-state index contributed by atoms with van der Waals surface area (Å²) in [5.41, 5.74) is -0.554. The number of pyridine rings is 1. The summed E-state index contributed by atoms with van der Waals surface area (Å²) in [6.45, 7) is 5.02. The van der Waals surface area contributed by atoms with Crippen molar-refractivity contribution in [3.05, 3.63) is 41.3 Å². The van der Waals surface area contributed by atoms with Crippen molar-refractivity contribution >= 4 is 22.7 Å². The zero-order chi connectivity index (χ0) is 20.1. The quantitative estimate of drug-likeness (QED) is 0.689. The van der Waals surface area contributed by atoms with Gasteiger partial charge < -0.3 is 10.4 Å². The van der Waals surface area contributed by atoms with E-state index in [4.69, 9.17) is 0 Å². The molecule has 28 heavy (non-hydrogen) atoms. The summed E-state index contributed by atoms with van der Waals surface area (Å²) in [7, 11) is 0. The number of nitrogens with zero attached hydrogens (tertiary/aromatic N) is 1. The molecular weight excluding hydrogens is 361 g/mol. The van der Waals surface area contributed by atoms with Gasteiger partial charge in [-0.25, -0.2) is 4.39 Å². The summed E-state index contributed by atoms with van der Waals surface area (Å²) >= 11 is 0. The lowest BCUT2D eigenvalue weighted by Gasteiger charge is -2.47. The first-order valence-corrected chi connectivity index (χ1v) is 9.58. The van der Waals surface area contributed by atoms with Crippen LogP contribution >= 0.6 is 0 Å². The lowest BCUT2D eigenvalue weighted by molar-refractivity contribution is -0.134. The number of aliphatic hydroxyl groups is 1. The normalized spacial score (nSPS) is 27.6. The highest BCUT2D eigenvalue weighted by Crippen LogP contribution is 2.45. The van der Waals surface area contributed by atoms with Crippen molar-refractivity contribution in [2.45, 2.75) is 44.6 Å². The van der Waals surface area contributed by atoms with Crippen molar-refractivity contribution in [1.29, 1.82) is 0 Å². The van der Waals surface area contributed by atoms with Crippen LogP contribution in [0.15, 0.2) is 24.4 Å². The fourth-order valence-corrected chi connectivity index (χ4v) is 4.36. The van der Waals surface area contributed by atoms with Crippen LogP contribution in [-0.2, 0) is 15.2 Å². The van der Waals surface area contributed by atoms with Crippen LogP contribution in [0.4, 0.5) is 4.39 Å². The number of halogens is 1. The predicted octanol–water partition coefficient (Wildman–Crippen LogP) is 2.10. The van der Waals surface area contributed by atoms with E-state index in [1.807, 2.05) is 13.8 Å². The number of imide groups is 1. The van der Waals surface area contributed by atoms with Gasteiger partial charge in [0.15, 0.2) is 0 Å². The van der Waals surface area contributed by atoms with E-state index in [1.165, 1.54) is 0 Å². The molecule has 2 aliphatic rings. The molecule has 1 aromatic heterocycles. The molecule has 2 fully saturated rings. The van der Waals surface area contributed by atoms with Crippen LogP contribution in [0.3, 0.4) is 0 Å². The number of hydrogen-bond donors (Lipinski definition) is 3. The largest absolute Gasteiger partial charge is 0.384 e. The molecule has 1 aromatic carbocycles. The Bertz CT molecular complexity index is 975. The summed E-state index contributed by atoms with van der Waals surface area (Å²) in [5.74, 6) is -1.71. The standard InChI is InChI=1S/C21H24FN3O3/c1-20(2)11-23-8-7-21(20,28)15-4-5-16-14(18(15)22)9-12(10-24-16)13-3-6-17(26)25-19(13)27/h4-5,9-10,13,23,28H,3,6-8,11H2,1-2H3,(H,25,26,27). The molecule has 6 nitrogen and oxygen atoms in total. The predicted molar refractivity (Wildman–Crippen MR) is 102 cm³/mol. The van der Waals surface area contributed by atoms with Crippen LogP contribution in [0, 0.1) is 11.2 Å². The average Bonchev–Trinajstić information content (AvgIpc) is 2.64. The third-order valence-corrected chi connectivity index (χ3v) is 6.26. The first kappa shape index (κ1) is 19.0. The minimum absolute atomic E-state index is 0.248. The molecule has 3 N–H and O–H groups in total. The Morgan fingerprint density at radius 3 is 2.79 bits per heavy atom. The van der Waals surface area contributed by atoms with Gasteiger partial charge in [-0.15, -0.1) is 0 Å². The van der Waals surface area contributed by atoms with E-state index in [9.17, 15) is 14.7 Å². The van der Waals surface area contributed by atoms with Gasteiger partial charge in [-0.05, 0) is 37.1 Å². The first-order valence-electron chi connectivity index (χ1n) is 9.58. The van der Waals surface area contributed by atoms with Crippen molar-refractivity contribution in [3.8, 4) is 0 Å². The Labute approximate surface area is 162 Å². The van der Waals surface area contributed by atoms with Crippen molar-refractivity contribution in [3.63, 3.8) is 0 Å². The summed E-state index contributed by atoms with van der Waals surface area (Å²) in [5, 5.41) is 17.3. The van der Waals surface area contributed by atoms with E-state index in [0.717, 1.165) is 0 Å². The van der Waals surface area contributed by atoms with Gasteiger partial charge in [0.05, 0.1) is 17.0 Å². The second kappa shape index (κ2) is 6.60.